The first-order valence-electron chi connectivity index (χ1n) is 21.7. The lowest BCUT2D eigenvalue weighted by atomic mass is 9.99. The Bertz CT molecular complexity index is 3880. The molecule has 64 heavy (non-hydrogen) atoms. The molecule has 0 unspecified atom stereocenters. The quantitative estimate of drug-likeness (QED) is 0.161. The topological polar surface area (TPSA) is 34.5 Å². The Hall–Kier alpha value is -8.60. The fourth-order valence-corrected chi connectivity index (χ4v) is 9.80. The maximum Gasteiger partial charge on any atom is 0.143 e. The lowest BCUT2D eigenvalue weighted by Gasteiger charge is -2.26. The highest BCUT2D eigenvalue weighted by Gasteiger charge is 2.21. The summed E-state index contributed by atoms with van der Waals surface area (Å²) < 4.78 is 15.3. The lowest BCUT2D eigenvalue weighted by Crippen LogP contribution is -2.10. The average molecular weight is 819 g/mol. The largest absolute Gasteiger partial charge is 0.456 e. The van der Waals surface area contributed by atoms with Gasteiger partial charge in [-0.05, 0) is 107 Å². The van der Waals surface area contributed by atoms with Crippen LogP contribution in [0.3, 0.4) is 0 Å². The summed E-state index contributed by atoms with van der Waals surface area (Å²) in [6.45, 7) is 0. The van der Waals surface area contributed by atoms with Crippen molar-refractivity contribution < 1.29 is 8.83 Å². The van der Waals surface area contributed by atoms with Gasteiger partial charge in [-0.3, -0.25) is 0 Å². The molecule has 0 saturated heterocycles. The van der Waals surface area contributed by atoms with Gasteiger partial charge in [0.25, 0.3) is 0 Å². The number of rotatable bonds is 7. The van der Waals surface area contributed by atoms with E-state index in [-0.39, 0.29) is 0 Å². The second kappa shape index (κ2) is 14.5. The fraction of sp³-hybridized carbons (Fsp3) is 0. The van der Waals surface area contributed by atoms with Crippen LogP contribution in [0.4, 0.5) is 17.1 Å². The summed E-state index contributed by atoms with van der Waals surface area (Å²) in [7, 11) is 0. The van der Waals surface area contributed by atoms with Crippen molar-refractivity contribution in [1.82, 2.24) is 4.57 Å². The summed E-state index contributed by atoms with van der Waals surface area (Å²) >= 11 is 0. The van der Waals surface area contributed by atoms with Crippen LogP contribution in [0.25, 0.3) is 105 Å². The Balaban J connectivity index is 0.913. The molecule has 0 fully saturated rings. The van der Waals surface area contributed by atoms with Crippen LogP contribution in [-0.4, -0.2) is 4.57 Å². The van der Waals surface area contributed by atoms with Gasteiger partial charge in [-0.15, -0.1) is 0 Å². The van der Waals surface area contributed by atoms with Crippen molar-refractivity contribution in [1.29, 1.82) is 0 Å². The van der Waals surface area contributed by atoms with Crippen molar-refractivity contribution in [2.75, 3.05) is 4.90 Å². The molecule has 0 saturated carbocycles. The summed E-state index contributed by atoms with van der Waals surface area (Å²) in [5.74, 6) is 0. The van der Waals surface area contributed by atoms with Crippen molar-refractivity contribution in [2.45, 2.75) is 0 Å². The number of furan rings is 2. The zero-order valence-electron chi connectivity index (χ0n) is 34.7. The third-order valence-corrected chi connectivity index (χ3v) is 12.8. The molecule has 3 aromatic heterocycles. The molecule has 0 aliphatic rings. The van der Waals surface area contributed by atoms with E-state index in [4.69, 9.17) is 8.83 Å². The first-order chi connectivity index (χ1) is 31.7. The van der Waals surface area contributed by atoms with E-state index in [9.17, 15) is 0 Å². The van der Waals surface area contributed by atoms with E-state index >= 15 is 0 Å². The fourth-order valence-electron chi connectivity index (χ4n) is 9.80. The Morgan fingerprint density at radius 1 is 0.328 bits per heavy atom. The average Bonchev–Trinajstić information content (AvgIpc) is 4.04. The summed E-state index contributed by atoms with van der Waals surface area (Å²) in [4.78, 5) is 2.35. The molecule has 0 spiro atoms. The van der Waals surface area contributed by atoms with Crippen LogP contribution in [0.1, 0.15) is 0 Å². The molecule has 300 valence electrons. The number of benzene rings is 10. The number of para-hydroxylation sites is 4. The van der Waals surface area contributed by atoms with E-state index in [1.807, 2.05) is 18.2 Å². The molecule has 0 amide bonds. The monoisotopic (exact) mass is 818 g/mol. The minimum atomic E-state index is 0.857. The highest BCUT2D eigenvalue weighted by atomic mass is 16.3. The Morgan fingerprint density at radius 2 is 0.906 bits per heavy atom. The third-order valence-electron chi connectivity index (χ3n) is 12.8. The van der Waals surface area contributed by atoms with Gasteiger partial charge in [0, 0.05) is 49.6 Å². The normalized spacial score (nSPS) is 11.8. The molecule has 4 nitrogen and oxygen atoms in total. The number of aromatic nitrogens is 1. The van der Waals surface area contributed by atoms with Crippen molar-refractivity contribution >= 4 is 82.7 Å². The lowest BCUT2D eigenvalue weighted by molar-refractivity contribution is 0.669. The first kappa shape index (κ1) is 36.1. The molecule has 13 rings (SSSR count). The zero-order valence-corrected chi connectivity index (χ0v) is 34.7. The predicted molar refractivity (Wildman–Crippen MR) is 266 cm³/mol. The van der Waals surface area contributed by atoms with Crippen LogP contribution < -0.4 is 4.90 Å². The van der Waals surface area contributed by atoms with Gasteiger partial charge in [-0.2, -0.15) is 0 Å². The van der Waals surface area contributed by atoms with Crippen molar-refractivity contribution in [3.63, 3.8) is 0 Å². The van der Waals surface area contributed by atoms with Gasteiger partial charge >= 0.3 is 0 Å². The molecule has 0 bridgehead atoms. The van der Waals surface area contributed by atoms with E-state index < -0.39 is 0 Å². The number of hydrogen-bond acceptors (Lipinski definition) is 3. The Kier molecular flexibility index (Phi) is 8.18. The standard InChI is InChI=1S/C60H38N2O2/c1-3-13-41(14-4-1)47-19-11-20-50-52-37-42(30-36-57(52)64-60(47)50)39-25-31-45(32-26-39)61(54-22-12-24-58-59(54)51-18-8-10-23-56(51)63-58)46-33-27-40(28-34-46)43-29-35-49-48-17-7-9-21-53(48)62(55(49)38-43)44-15-5-2-6-16-44/h1-38H. The van der Waals surface area contributed by atoms with E-state index in [0.717, 1.165) is 100 Å². The van der Waals surface area contributed by atoms with Crippen molar-refractivity contribution in [3.05, 3.63) is 231 Å². The van der Waals surface area contributed by atoms with Crippen molar-refractivity contribution in [2.24, 2.45) is 0 Å². The zero-order chi connectivity index (χ0) is 42.1. The van der Waals surface area contributed by atoms with Gasteiger partial charge < -0.3 is 18.3 Å². The van der Waals surface area contributed by atoms with Gasteiger partial charge in [0.1, 0.15) is 22.3 Å². The first-order valence-corrected chi connectivity index (χ1v) is 21.7. The highest BCUT2D eigenvalue weighted by molar-refractivity contribution is 6.14. The van der Waals surface area contributed by atoms with Crippen LogP contribution in [0, 0.1) is 0 Å². The molecule has 0 aliphatic carbocycles. The van der Waals surface area contributed by atoms with Crippen molar-refractivity contribution in [3.8, 4) is 39.1 Å². The molecule has 0 N–H and O–H groups in total. The molecule has 3 heterocycles. The second-order valence-electron chi connectivity index (χ2n) is 16.5. The van der Waals surface area contributed by atoms with Gasteiger partial charge in [-0.25, -0.2) is 0 Å². The summed E-state index contributed by atoms with van der Waals surface area (Å²) in [6.07, 6.45) is 0. The van der Waals surface area contributed by atoms with E-state index in [2.05, 4.69) is 222 Å². The Labute approximate surface area is 369 Å². The summed E-state index contributed by atoms with van der Waals surface area (Å²) in [5.41, 5.74) is 17.0. The molecule has 13 aromatic rings. The molecule has 0 aliphatic heterocycles. The minimum Gasteiger partial charge on any atom is -0.456 e. The van der Waals surface area contributed by atoms with E-state index in [1.165, 1.54) is 21.8 Å². The SMILES string of the molecule is c1ccc(-c2cccc3c2oc2ccc(-c4ccc(N(c5ccc(-c6ccc7c8ccccc8n(-c8ccccc8)c7c6)cc5)c5cccc6oc7ccccc7c56)cc4)cc23)cc1. The molecule has 4 heteroatoms. The summed E-state index contributed by atoms with van der Waals surface area (Å²) in [6, 6.07) is 82.1. The van der Waals surface area contributed by atoms with Gasteiger partial charge in [0.2, 0.25) is 0 Å². The van der Waals surface area contributed by atoms with Crippen LogP contribution in [0.5, 0.6) is 0 Å². The molecular weight excluding hydrogens is 781 g/mol. The molecule has 0 radical (unpaired) electrons. The number of fused-ring (bicyclic) bond motifs is 9. The van der Waals surface area contributed by atoms with E-state index in [1.54, 1.807) is 0 Å². The molecule has 10 aromatic carbocycles. The highest BCUT2D eigenvalue weighted by Crippen LogP contribution is 2.45. The van der Waals surface area contributed by atoms with Gasteiger partial charge in [0.15, 0.2) is 0 Å². The molecular formula is C60H38N2O2. The molecule has 0 atom stereocenters. The van der Waals surface area contributed by atoms with Crippen LogP contribution in [0.15, 0.2) is 239 Å². The van der Waals surface area contributed by atoms with Gasteiger partial charge in [-0.1, -0.05) is 152 Å². The predicted octanol–water partition coefficient (Wildman–Crippen LogP) is 17.1. The maximum absolute atomic E-state index is 6.51. The number of nitrogens with zero attached hydrogens (tertiary/aromatic N) is 2. The number of anilines is 3. The second-order valence-corrected chi connectivity index (χ2v) is 16.5. The third kappa shape index (κ3) is 5.77. The smallest absolute Gasteiger partial charge is 0.143 e. The van der Waals surface area contributed by atoms with E-state index in [0.29, 0.717) is 0 Å². The Morgan fingerprint density at radius 3 is 1.69 bits per heavy atom. The van der Waals surface area contributed by atoms with Crippen LogP contribution >= 0.6 is 0 Å². The minimum absolute atomic E-state index is 0.857. The van der Waals surface area contributed by atoms with Gasteiger partial charge in [0.05, 0.1) is 22.1 Å². The number of hydrogen-bond donors (Lipinski definition) is 0. The summed E-state index contributed by atoms with van der Waals surface area (Å²) in [5, 5.41) is 6.88. The maximum atomic E-state index is 6.51. The van der Waals surface area contributed by atoms with Crippen LogP contribution in [-0.2, 0) is 0 Å². The van der Waals surface area contributed by atoms with Crippen LogP contribution in [0.2, 0.25) is 0 Å².